The Morgan fingerprint density at radius 2 is 1.79 bits per heavy atom. The summed E-state index contributed by atoms with van der Waals surface area (Å²) in [7, 11) is 3.16. The molecule has 1 aromatic carbocycles. The van der Waals surface area contributed by atoms with Gasteiger partial charge in [0, 0.05) is 14.2 Å². The Balaban J connectivity index is 2.21. The van der Waals surface area contributed by atoms with Crippen molar-refractivity contribution < 1.29 is 9.47 Å². The van der Waals surface area contributed by atoms with Gasteiger partial charge in [-0.3, -0.25) is 0 Å². The predicted molar refractivity (Wildman–Crippen MR) is 61.3 cm³/mol. The zero-order valence-electron chi connectivity index (χ0n) is 8.90. The molecule has 2 nitrogen and oxygen atoms in total. The SMILES string of the molecule is COC(OC)[SiH2]CCc1ccccc1. The lowest BCUT2D eigenvalue weighted by atomic mass is 10.2. The first-order valence-electron chi connectivity index (χ1n) is 4.96. The van der Waals surface area contributed by atoms with Crippen molar-refractivity contribution in [3.8, 4) is 0 Å². The van der Waals surface area contributed by atoms with Gasteiger partial charge in [0.25, 0.3) is 0 Å². The lowest BCUT2D eigenvalue weighted by Gasteiger charge is -2.12. The molecule has 1 rings (SSSR count). The summed E-state index contributed by atoms with van der Waals surface area (Å²) in [6.07, 6.45) is 1.15. The number of rotatable bonds is 6. The van der Waals surface area contributed by atoms with E-state index in [-0.39, 0.29) is 15.4 Å². The molecule has 0 aliphatic rings. The number of hydrogen-bond acceptors (Lipinski definition) is 2. The zero-order valence-corrected chi connectivity index (χ0v) is 10.3. The molecule has 14 heavy (non-hydrogen) atoms. The summed E-state index contributed by atoms with van der Waals surface area (Å²) < 4.78 is 10.4. The molecule has 0 unspecified atom stereocenters. The summed E-state index contributed by atoms with van der Waals surface area (Å²) >= 11 is 0. The fourth-order valence-electron chi connectivity index (χ4n) is 1.45. The monoisotopic (exact) mass is 210 g/mol. The molecule has 0 spiro atoms. The van der Waals surface area contributed by atoms with Crippen molar-refractivity contribution in [1.82, 2.24) is 0 Å². The second-order valence-electron chi connectivity index (χ2n) is 3.28. The molecule has 0 aliphatic heterocycles. The summed E-state index contributed by atoms with van der Waals surface area (Å²) in [5, 5.41) is 0. The van der Waals surface area contributed by atoms with Gasteiger partial charge in [0.2, 0.25) is 0 Å². The lowest BCUT2D eigenvalue weighted by Crippen LogP contribution is -2.21. The van der Waals surface area contributed by atoms with E-state index in [2.05, 4.69) is 24.3 Å². The van der Waals surface area contributed by atoms with Crippen LogP contribution in [0.25, 0.3) is 0 Å². The Hall–Kier alpha value is -0.643. The van der Waals surface area contributed by atoms with Crippen LogP contribution < -0.4 is 0 Å². The third-order valence-electron chi connectivity index (χ3n) is 2.27. The van der Waals surface area contributed by atoms with Gasteiger partial charge in [-0.1, -0.05) is 36.4 Å². The molecular formula is C11H18O2Si. The van der Waals surface area contributed by atoms with Gasteiger partial charge in [-0.15, -0.1) is 0 Å². The molecule has 3 heteroatoms. The number of methoxy groups -OCH3 is 2. The van der Waals surface area contributed by atoms with E-state index in [1.165, 1.54) is 11.6 Å². The molecule has 0 amide bonds. The van der Waals surface area contributed by atoms with Gasteiger partial charge in [-0.05, 0) is 12.0 Å². The fraction of sp³-hybridized carbons (Fsp3) is 0.455. The van der Waals surface area contributed by atoms with Crippen LogP contribution in [0.4, 0.5) is 0 Å². The summed E-state index contributed by atoms with van der Waals surface area (Å²) in [5.74, 6) is 0.0821. The molecule has 0 radical (unpaired) electrons. The van der Waals surface area contributed by atoms with Gasteiger partial charge in [0.05, 0.1) is 9.52 Å². The van der Waals surface area contributed by atoms with E-state index in [4.69, 9.17) is 9.47 Å². The average Bonchev–Trinajstić information content (AvgIpc) is 2.26. The van der Waals surface area contributed by atoms with Gasteiger partial charge in [-0.2, -0.15) is 0 Å². The number of hydrogen-bond donors (Lipinski definition) is 0. The summed E-state index contributed by atoms with van der Waals surface area (Å²) in [5.41, 5.74) is 1.41. The number of aryl methyl sites for hydroxylation is 1. The van der Waals surface area contributed by atoms with Crippen LogP contribution in [-0.4, -0.2) is 29.7 Å². The van der Waals surface area contributed by atoms with Crippen molar-refractivity contribution in [3.05, 3.63) is 35.9 Å². The highest BCUT2D eigenvalue weighted by atomic mass is 28.2. The minimum atomic E-state index is -0.263. The van der Waals surface area contributed by atoms with Crippen LogP contribution in [-0.2, 0) is 15.9 Å². The minimum absolute atomic E-state index is 0.0821. The Labute approximate surface area is 88.1 Å². The molecule has 0 fully saturated rings. The van der Waals surface area contributed by atoms with Crippen LogP contribution in [0.5, 0.6) is 0 Å². The highest BCUT2D eigenvalue weighted by Gasteiger charge is 2.04. The standard InChI is InChI=1S/C11H18O2Si/c1-12-11(13-2)14-9-8-10-6-4-3-5-7-10/h3-7,11H,8-9,14H2,1-2H3. The van der Waals surface area contributed by atoms with E-state index in [9.17, 15) is 0 Å². The Kier molecular flexibility index (Phi) is 5.52. The lowest BCUT2D eigenvalue weighted by molar-refractivity contribution is -0.0440. The van der Waals surface area contributed by atoms with Crippen LogP contribution >= 0.6 is 0 Å². The third-order valence-corrected chi connectivity index (χ3v) is 4.17. The van der Waals surface area contributed by atoms with Crippen molar-refractivity contribution in [2.45, 2.75) is 18.4 Å². The number of ether oxygens (including phenoxy) is 2. The van der Waals surface area contributed by atoms with E-state index in [0.29, 0.717) is 0 Å². The molecule has 0 atom stereocenters. The van der Waals surface area contributed by atoms with Crippen LogP contribution in [0, 0.1) is 0 Å². The largest absolute Gasteiger partial charge is 0.360 e. The molecular weight excluding hydrogens is 192 g/mol. The Bertz CT molecular complexity index is 234. The maximum Gasteiger partial charge on any atom is 0.134 e. The van der Waals surface area contributed by atoms with E-state index in [1.54, 1.807) is 14.2 Å². The second-order valence-corrected chi connectivity index (χ2v) is 5.23. The molecule has 0 aromatic heterocycles. The van der Waals surface area contributed by atoms with Gasteiger partial charge in [0.1, 0.15) is 5.91 Å². The van der Waals surface area contributed by atoms with Crippen molar-refractivity contribution in [1.29, 1.82) is 0 Å². The van der Waals surface area contributed by atoms with E-state index in [0.717, 1.165) is 6.42 Å². The Morgan fingerprint density at radius 1 is 1.14 bits per heavy atom. The van der Waals surface area contributed by atoms with Crippen LogP contribution in [0.2, 0.25) is 6.04 Å². The van der Waals surface area contributed by atoms with Crippen LogP contribution in [0.1, 0.15) is 5.56 Å². The maximum atomic E-state index is 5.18. The third kappa shape index (κ3) is 4.04. The topological polar surface area (TPSA) is 18.5 Å². The molecule has 1 aromatic rings. The van der Waals surface area contributed by atoms with Crippen molar-refractivity contribution in [2.75, 3.05) is 14.2 Å². The quantitative estimate of drug-likeness (QED) is 0.522. The first kappa shape index (κ1) is 11.4. The smallest absolute Gasteiger partial charge is 0.134 e. The van der Waals surface area contributed by atoms with Gasteiger partial charge < -0.3 is 9.47 Å². The summed E-state index contributed by atoms with van der Waals surface area (Å²) in [6, 6.07) is 11.8. The van der Waals surface area contributed by atoms with E-state index in [1.807, 2.05) is 6.07 Å². The maximum absolute atomic E-state index is 5.18. The minimum Gasteiger partial charge on any atom is -0.360 e. The van der Waals surface area contributed by atoms with Crippen molar-refractivity contribution in [3.63, 3.8) is 0 Å². The van der Waals surface area contributed by atoms with Crippen molar-refractivity contribution in [2.24, 2.45) is 0 Å². The van der Waals surface area contributed by atoms with Crippen molar-refractivity contribution >= 4 is 9.52 Å². The van der Waals surface area contributed by atoms with E-state index < -0.39 is 0 Å². The molecule has 0 N–H and O–H groups in total. The normalized spacial score (nSPS) is 11.6. The van der Waals surface area contributed by atoms with Crippen LogP contribution in [0.3, 0.4) is 0 Å². The summed E-state index contributed by atoms with van der Waals surface area (Å²) in [6.45, 7) is 0. The fourth-order valence-corrected chi connectivity index (χ4v) is 2.87. The molecule has 0 saturated carbocycles. The van der Waals surface area contributed by atoms with Gasteiger partial charge in [-0.25, -0.2) is 0 Å². The average molecular weight is 210 g/mol. The van der Waals surface area contributed by atoms with Gasteiger partial charge >= 0.3 is 0 Å². The highest BCUT2D eigenvalue weighted by Crippen LogP contribution is 2.03. The predicted octanol–water partition coefficient (Wildman–Crippen LogP) is 1.39. The molecule has 0 bridgehead atoms. The van der Waals surface area contributed by atoms with Gasteiger partial charge in [0.15, 0.2) is 0 Å². The van der Waals surface area contributed by atoms with E-state index >= 15 is 0 Å². The number of benzene rings is 1. The highest BCUT2D eigenvalue weighted by molar-refractivity contribution is 6.36. The Morgan fingerprint density at radius 3 is 2.36 bits per heavy atom. The summed E-state index contributed by atoms with van der Waals surface area (Å²) in [4.78, 5) is 0. The molecule has 0 aliphatic carbocycles. The first-order chi connectivity index (χ1) is 6.86. The van der Waals surface area contributed by atoms with Crippen LogP contribution in [0.15, 0.2) is 30.3 Å². The first-order valence-corrected chi connectivity index (χ1v) is 6.78. The molecule has 78 valence electrons. The molecule has 0 saturated heterocycles. The second kappa shape index (κ2) is 6.76. The zero-order chi connectivity index (χ0) is 10.2. The molecule has 0 heterocycles.